The van der Waals surface area contributed by atoms with Crippen LogP contribution in [0.2, 0.25) is 0 Å². The van der Waals surface area contributed by atoms with Crippen LogP contribution in [-0.4, -0.2) is 12.8 Å². The molecular weight excluding hydrogens is 293 g/mol. The Kier molecular flexibility index (Phi) is 6.23. The van der Waals surface area contributed by atoms with Gasteiger partial charge in [-0.25, -0.2) is 0 Å². The molecule has 2 aromatic carbocycles. The van der Waals surface area contributed by atoms with E-state index < -0.39 is 7.37 Å². The summed E-state index contributed by atoms with van der Waals surface area (Å²) in [4.78, 5) is 0. The van der Waals surface area contributed by atoms with Crippen LogP contribution in [0, 0.1) is 0 Å². The van der Waals surface area contributed by atoms with Crippen molar-refractivity contribution in [1.82, 2.24) is 0 Å². The number of anilines is 1. The van der Waals surface area contributed by atoms with Crippen molar-refractivity contribution >= 4 is 13.1 Å². The van der Waals surface area contributed by atoms with Crippen LogP contribution in [-0.2, 0) is 9.09 Å². The predicted molar refractivity (Wildman–Crippen MR) is 93.6 cm³/mol. The first kappa shape index (κ1) is 16.8. The van der Waals surface area contributed by atoms with E-state index in [0.29, 0.717) is 12.8 Å². The maximum atomic E-state index is 13.4. The Hall–Kier alpha value is -1.57. The fourth-order valence-electron chi connectivity index (χ4n) is 2.53. The topological polar surface area (TPSA) is 38.3 Å². The van der Waals surface area contributed by atoms with Crippen LogP contribution < -0.4 is 5.32 Å². The molecule has 0 aromatic heterocycles. The smallest absolute Gasteiger partial charge is 0.229 e. The fourth-order valence-corrected chi connectivity index (χ4v) is 5.10. The van der Waals surface area contributed by atoms with Crippen LogP contribution >= 0.6 is 7.37 Å². The highest BCUT2D eigenvalue weighted by molar-refractivity contribution is 7.59. The van der Waals surface area contributed by atoms with Crippen LogP contribution in [0.3, 0.4) is 0 Å². The lowest BCUT2D eigenvalue weighted by molar-refractivity contribution is 0.327. The molecule has 0 aliphatic heterocycles. The molecule has 0 spiro atoms. The van der Waals surface area contributed by atoms with Gasteiger partial charge in [0.25, 0.3) is 0 Å². The van der Waals surface area contributed by atoms with Crippen LogP contribution in [0.1, 0.15) is 31.6 Å². The molecule has 0 radical (unpaired) electrons. The molecule has 2 atom stereocenters. The number of rotatable bonds is 8. The molecule has 0 aliphatic carbocycles. The van der Waals surface area contributed by atoms with Gasteiger partial charge >= 0.3 is 0 Å². The third kappa shape index (κ3) is 4.22. The normalized spacial score (nSPS) is 15.0. The Labute approximate surface area is 133 Å². The van der Waals surface area contributed by atoms with Crippen molar-refractivity contribution in [1.29, 1.82) is 0 Å². The SMILES string of the molecule is CCCP(=O)(OCC)C(Nc1ccccc1)c1ccccc1. The van der Waals surface area contributed by atoms with E-state index in [2.05, 4.69) is 5.32 Å². The Bertz CT molecular complexity index is 591. The maximum Gasteiger partial charge on any atom is 0.229 e. The van der Waals surface area contributed by atoms with Crippen LogP contribution in [0.25, 0.3) is 0 Å². The minimum atomic E-state index is -2.83. The number of para-hydroxylation sites is 1. The monoisotopic (exact) mass is 317 g/mol. The van der Waals surface area contributed by atoms with Gasteiger partial charge in [0.1, 0.15) is 5.78 Å². The van der Waals surface area contributed by atoms with Gasteiger partial charge in [0.05, 0.1) is 6.61 Å². The Morgan fingerprint density at radius 2 is 1.59 bits per heavy atom. The molecule has 0 saturated carbocycles. The molecule has 2 aromatic rings. The highest BCUT2D eigenvalue weighted by Gasteiger charge is 2.34. The van der Waals surface area contributed by atoms with Gasteiger partial charge < -0.3 is 9.84 Å². The highest BCUT2D eigenvalue weighted by Crippen LogP contribution is 2.60. The standard InChI is InChI=1S/C18H24NO2P/c1-3-15-22(20,21-4-2)18(16-11-7-5-8-12-16)19-17-13-9-6-10-14-17/h5-14,18-19H,3-4,15H2,1-2H3. The summed E-state index contributed by atoms with van der Waals surface area (Å²) in [6, 6.07) is 19.8. The van der Waals surface area contributed by atoms with E-state index >= 15 is 0 Å². The molecule has 1 N–H and O–H groups in total. The van der Waals surface area contributed by atoms with Crippen LogP contribution in [0.15, 0.2) is 60.7 Å². The molecule has 0 saturated heterocycles. The van der Waals surface area contributed by atoms with E-state index in [-0.39, 0.29) is 5.78 Å². The maximum absolute atomic E-state index is 13.4. The summed E-state index contributed by atoms with van der Waals surface area (Å²) >= 11 is 0. The molecule has 0 aliphatic rings. The van der Waals surface area contributed by atoms with Gasteiger partial charge in [-0.05, 0) is 31.0 Å². The van der Waals surface area contributed by atoms with Crippen LogP contribution in [0.4, 0.5) is 5.69 Å². The first-order valence-corrected chi connectivity index (χ1v) is 9.67. The molecule has 2 rings (SSSR count). The van der Waals surface area contributed by atoms with Gasteiger partial charge in [-0.3, -0.25) is 4.57 Å². The lowest BCUT2D eigenvalue weighted by atomic mass is 10.2. The van der Waals surface area contributed by atoms with Crippen molar-refractivity contribution in [2.24, 2.45) is 0 Å². The van der Waals surface area contributed by atoms with Gasteiger partial charge in [-0.1, -0.05) is 55.5 Å². The second-order valence-electron chi connectivity index (χ2n) is 5.19. The number of hydrogen-bond acceptors (Lipinski definition) is 3. The average Bonchev–Trinajstić information content (AvgIpc) is 2.55. The molecule has 0 amide bonds. The summed E-state index contributed by atoms with van der Waals surface area (Å²) in [5.74, 6) is -0.323. The summed E-state index contributed by atoms with van der Waals surface area (Å²) in [6.45, 7) is 4.39. The second-order valence-corrected chi connectivity index (χ2v) is 7.87. The molecule has 0 bridgehead atoms. The molecule has 118 valence electrons. The van der Waals surface area contributed by atoms with E-state index in [9.17, 15) is 4.57 Å². The predicted octanol–water partition coefficient (Wildman–Crippen LogP) is 5.52. The zero-order valence-electron chi connectivity index (χ0n) is 13.2. The Morgan fingerprint density at radius 3 is 2.14 bits per heavy atom. The summed E-state index contributed by atoms with van der Waals surface area (Å²) < 4.78 is 19.2. The van der Waals surface area contributed by atoms with Crippen molar-refractivity contribution in [3.05, 3.63) is 66.2 Å². The number of benzene rings is 2. The van der Waals surface area contributed by atoms with Gasteiger partial charge in [-0.15, -0.1) is 0 Å². The van der Waals surface area contributed by atoms with Gasteiger partial charge in [0.2, 0.25) is 7.37 Å². The Morgan fingerprint density at radius 1 is 1.00 bits per heavy atom. The minimum absolute atomic E-state index is 0.323. The minimum Gasteiger partial charge on any atom is -0.370 e. The van der Waals surface area contributed by atoms with E-state index in [1.807, 2.05) is 74.5 Å². The summed E-state index contributed by atoms with van der Waals surface area (Å²) in [5, 5.41) is 3.42. The summed E-state index contributed by atoms with van der Waals surface area (Å²) in [6.07, 6.45) is 1.40. The molecule has 22 heavy (non-hydrogen) atoms. The summed E-state index contributed by atoms with van der Waals surface area (Å²) in [5.41, 5.74) is 1.95. The molecule has 0 heterocycles. The molecular formula is C18H24NO2P. The van der Waals surface area contributed by atoms with Crippen molar-refractivity contribution in [2.75, 3.05) is 18.1 Å². The van der Waals surface area contributed by atoms with Crippen molar-refractivity contribution < 1.29 is 9.09 Å². The largest absolute Gasteiger partial charge is 0.370 e. The zero-order chi connectivity index (χ0) is 15.8. The second kappa shape index (κ2) is 8.17. The van der Waals surface area contributed by atoms with Crippen molar-refractivity contribution in [2.45, 2.75) is 26.1 Å². The highest BCUT2D eigenvalue weighted by atomic mass is 31.2. The summed E-state index contributed by atoms with van der Waals surface area (Å²) in [7, 11) is -2.83. The van der Waals surface area contributed by atoms with Gasteiger partial charge in [0.15, 0.2) is 0 Å². The number of nitrogens with one attached hydrogen (secondary N) is 1. The van der Waals surface area contributed by atoms with Crippen molar-refractivity contribution in [3.63, 3.8) is 0 Å². The lowest BCUT2D eigenvalue weighted by Gasteiger charge is -2.29. The molecule has 3 nitrogen and oxygen atoms in total. The zero-order valence-corrected chi connectivity index (χ0v) is 14.1. The van der Waals surface area contributed by atoms with E-state index in [1.165, 1.54) is 0 Å². The fraction of sp³-hybridized carbons (Fsp3) is 0.333. The van der Waals surface area contributed by atoms with Gasteiger partial charge in [-0.2, -0.15) is 0 Å². The van der Waals surface area contributed by atoms with Gasteiger partial charge in [0, 0.05) is 11.8 Å². The van der Waals surface area contributed by atoms with Crippen molar-refractivity contribution in [3.8, 4) is 0 Å². The van der Waals surface area contributed by atoms with E-state index in [0.717, 1.165) is 17.7 Å². The molecule has 4 heteroatoms. The average molecular weight is 317 g/mol. The first-order valence-electron chi connectivity index (χ1n) is 7.79. The lowest BCUT2D eigenvalue weighted by Crippen LogP contribution is -2.15. The third-order valence-corrected chi connectivity index (χ3v) is 6.45. The van der Waals surface area contributed by atoms with Crippen LogP contribution in [0.5, 0.6) is 0 Å². The molecule has 0 fully saturated rings. The van der Waals surface area contributed by atoms with E-state index in [1.54, 1.807) is 0 Å². The number of hydrogen-bond donors (Lipinski definition) is 1. The first-order chi connectivity index (χ1) is 10.7. The van der Waals surface area contributed by atoms with E-state index in [4.69, 9.17) is 4.52 Å². The third-order valence-electron chi connectivity index (χ3n) is 3.47. The Balaban J connectivity index is 2.38. The molecule has 2 unspecified atom stereocenters. The quantitative estimate of drug-likeness (QED) is 0.651.